The smallest absolute Gasteiger partial charge is 0.330 e. The standard InChI is InChI=1S/C20H11F6N3O5/c1-10-15(29(32)33)18(34-27-10)28(16(30)11-6-2-4-8-13(11)19(21,22)23)17(31)12-7-3-5-9-14(12)20(24,25)26/h2-9H,1H3. The number of aromatic nitrogens is 1. The third-order valence-corrected chi connectivity index (χ3v) is 4.53. The second-order valence-corrected chi connectivity index (χ2v) is 6.71. The van der Waals surface area contributed by atoms with Gasteiger partial charge in [-0.2, -0.15) is 26.3 Å². The molecular formula is C20H11F6N3O5. The summed E-state index contributed by atoms with van der Waals surface area (Å²) in [6.07, 6.45) is -10.2. The fourth-order valence-corrected chi connectivity index (χ4v) is 3.06. The Hall–Kier alpha value is -4.23. The van der Waals surface area contributed by atoms with E-state index in [2.05, 4.69) is 9.68 Å². The van der Waals surface area contributed by atoms with Gasteiger partial charge in [-0.25, -0.2) is 4.90 Å². The highest BCUT2D eigenvalue weighted by molar-refractivity contribution is 6.26. The first kappa shape index (κ1) is 24.4. The molecule has 1 heterocycles. The average molecular weight is 487 g/mol. The van der Waals surface area contributed by atoms with Crippen molar-refractivity contribution >= 4 is 23.4 Å². The van der Waals surface area contributed by atoms with Crippen LogP contribution in [0.5, 0.6) is 0 Å². The molecule has 3 rings (SSSR count). The summed E-state index contributed by atoms with van der Waals surface area (Å²) in [5.41, 5.74) is -6.93. The molecule has 0 saturated carbocycles. The number of anilines is 1. The minimum atomic E-state index is -5.10. The van der Waals surface area contributed by atoms with Crippen LogP contribution in [-0.4, -0.2) is 21.9 Å². The van der Waals surface area contributed by atoms with E-state index >= 15 is 0 Å². The summed E-state index contributed by atoms with van der Waals surface area (Å²) in [6, 6.07) is 6.22. The molecule has 0 fully saturated rings. The number of imide groups is 1. The van der Waals surface area contributed by atoms with Gasteiger partial charge in [0.05, 0.1) is 27.2 Å². The van der Waals surface area contributed by atoms with Crippen molar-refractivity contribution in [3.63, 3.8) is 0 Å². The van der Waals surface area contributed by atoms with Gasteiger partial charge in [0, 0.05) is 0 Å². The molecule has 0 radical (unpaired) electrons. The normalized spacial score (nSPS) is 11.9. The lowest BCUT2D eigenvalue weighted by molar-refractivity contribution is -0.384. The number of hydrogen-bond acceptors (Lipinski definition) is 6. The van der Waals surface area contributed by atoms with Gasteiger partial charge >= 0.3 is 23.9 Å². The van der Waals surface area contributed by atoms with Gasteiger partial charge in [0.1, 0.15) is 0 Å². The fraction of sp³-hybridized carbons (Fsp3) is 0.150. The van der Waals surface area contributed by atoms with Crippen LogP contribution in [0, 0.1) is 17.0 Å². The summed E-state index contributed by atoms with van der Waals surface area (Å²) in [5.74, 6) is -4.87. The van der Waals surface area contributed by atoms with E-state index in [-0.39, 0.29) is 4.90 Å². The van der Waals surface area contributed by atoms with Crippen LogP contribution in [0.1, 0.15) is 37.5 Å². The Labute approximate surface area is 185 Å². The molecule has 0 bridgehead atoms. The number of rotatable bonds is 4. The molecule has 2 aromatic carbocycles. The predicted molar refractivity (Wildman–Crippen MR) is 102 cm³/mol. The number of hydrogen-bond donors (Lipinski definition) is 0. The maximum Gasteiger partial charge on any atom is 0.417 e. The number of benzene rings is 2. The number of nitro groups is 1. The molecule has 1 aromatic heterocycles. The zero-order valence-electron chi connectivity index (χ0n) is 16.8. The van der Waals surface area contributed by atoms with Gasteiger partial charge in [-0.15, -0.1) is 0 Å². The van der Waals surface area contributed by atoms with Gasteiger partial charge in [0.2, 0.25) is 0 Å². The summed E-state index contributed by atoms with van der Waals surface area (Å²) in [4.78, 5) is 36.5. The van der Waals surface area contributed by atoms with E-state index < -0.39 is 68.6 Å². The molecule has 0 atom stereocenters. The number of carbonyl (C=O) groups excluding carboxylic acids is 2. The van der Waals surface area contributed by atoms with Crippen LogP contribution >= 0.6 is 0 Å². The van der Waals surface area contributed by atoms with E-state index in [4.69, 9.17) is 0 Å². The fourth-order valence-electron chi connectivity index (χ4n) is 3.06. The molecule has 0 N–H and O–H groups in total. The van der Waals surface area contributed by atoms with Gasteiger partial charge in [-0.05, 0) is 31.2 Å². The van der Waals surface area contributed by atoms with Gasteiger partial charge in [0.25, 0.3) is 11.8 Å². The highest BCUT2D eigenvalue weighted by Crippen LogP contribution is 2.38. The van der Waals surface area contributed by atoms with Gasteiger partial charge < -0.3 is 4.52 Å². The molecular weight excluding hydrogens is 476 g/mol. The molecule has 0 saturated heterocycles. The third-order valence-electron chi connectivity index (χ3n) is 4.53. The van der Waals surface area contributed by atoms with Crippen molar-refractivity contribution in [2.24, 2.45) is 0 Å². The molecule has 8 nitrogen and oxygen atoms in total. The Balaban J connectivity index is 2.30. The van der Waals surface area contributed by atoms with E-state index in [1.807, 2.05) is 0 Å². The monoisotopic (exact) mass is 487 g/mol. The van der Waals surface area contributed by atoms with E-state index in [0.29, 0.717) is 24.3 Å². The van der Waals surface area contributed by atoms with E-state index in [0.717, 1.165) is 31.2 Å². The first-order valence-corrected chi connectivity index (χ1v) is 9.07. The Bertz CT molecular complexity index is 1210. The molecule has 2 amide bonds. The van der Waals surface area contributed by atoms with Crippen molar-refractivity contribution in [2.45, 2.75) is 19.3 Å². The van der Waals surface area contributed by atoms with Crippen molar-refractivity contribution in [3.05, 3.63) is 86.6 Å². The lowest BCUT2D eigenvalue weighted by Gasteiger charge is -2.21. The summed E-state index contributed by atoms with van der Waals surface area (Å²) >= 11 is 0. The second-order valence-electron chi connectivity index (χ2n) is 6.71. The molecule has 34 heavy (non-hydrogen) atoms. The van der Waals surface area contributed by atoms with Crippen LogP contribution in [-0.2, 0) is 12.4 Å². The quantitative estimate of drug-likeness (QED) is 0.211. The summed E-state index contributed by atoms with van der Waals surface area (Å²) in [5, 5.41) is 14.7. The summed E-state index contributed by atoms with van der Waals surface area (Å²) in [7, 11) is 0. The Morgan fingerprint density at radius 3 is 1.68 bits per heavy atom. The minimum absolute atomic E-state index is 0.257. The Morgan fingerprint density at radius 2 is 1.29 bits per heavy atom. The van der Waals surface area contributed by atoms with E-state index in [1.54, 1.807) is 0 Å². The molecule has 0 aliphatic heterocycles. The first-order valence-electron chi connectivity index (χ1n) is 9.07. The Kier molecular flexibility index (Phi) is 6.18. The number of amides is 2. The molecule has 0 unspecified atom stereocenters. The molecule has 0 aliphatic rings. The van der Waals surface area contributed by atoms with Crippen molar-refractivity contribution < 1.29 is 45.4 Å². The van der Waals surface area contributed by atoms with E-state index in [1.165, 1.54) is 0 Å². The van der Waals surface area contributed by atoms with Crippen LogP contribution in [0.2, 0.25) is 0 Å². The minimum Gasteiger partial charge on any atom is -0.330 e. The average Bonchev–Trinajstić information content (AvgIpc) is 3.13. The lowest BCUT2D eigenvalue weighted by Crippen LogP contribution is -2.39. The number of halogens is 6. The highest BCUT2D eigenvalue weighted by atomic mass is 19.4. The van der Waals surface area contributed by atoms with Gasteiger partial charge in [0.15, 0.2) is 5.69 Å². The summed E-state index contributed by atoms with van der Waals surface area (Å²) < 4.78 is 85.6. The topological polar surface area (TPSA) is 107 Å². The van der Waals surface area contributed by atoms with Crippen LogP contribution < -0.4 is 4.90 Å². The maximum atomic E-state index is 13.5. The molecule has 178 valence electrons. The third kappa shape index (κ3) is 4.46. The van der Waals surface area contributed by atoms with Crippen LogP contribution in [0.15, 0.2) is 53.1 Å². The number of nitrogens with zero attached hydrogens (tertiary/aromatic N) is 3. The van der Waals surface area contributed by atoms with Crippen molar-refractivity contribution in [2.75, 3.05) is 4.90 Å². The highest BCUT2D eigenvalue weighted by Gasteiger charge is 2.44. The SMILES string of the molecule is Cc1noc(N(C(=O)c2ccccc2C(F)(F)F)C(=O)c2ccccc2C(F)(F)F)c1[N+](=O)[O-]. The zero-order valence-corrected chi connectivity index (χ0v) is 16.8. The van der Waals surface area contributed by atoms with Gasteiger partial charge in [-0.3, -0.25) is 19.7 Å². The van der Waals surface area contributed by atoms with Gasteiger partial charge in [-0.1, -0.05) is 29.4 Å². The number of alkyl halides is 6. The first-order chi connectivity index (χ1) is 15.7. The number of carbonyl (C=O) groups is 2. The molecule has 3 aromatic rings. The zero-order chi connectivity index (χ0) is 25.4. The van der Waals surface area contributed by atoms with Crippen LogP contribution in [0.3, 0.4) is 0 Å². The van der Waals surface area contributed by atoms with Crippen molar-refractivity contribution in [3.8, 4) is 0 Å². The molecule has 14 heteroatoms. The van der Waals surface area contributed by atoms with E-state index in [9.17, 15) is 46.0 Å². The summed E-state index contributed by atoms with van der Waals surface area (Å²) in [6.45, 7) is 1.03. The predicted octanol–water partition coefficient (Wildman–Crippen LogP) is 5.42. The second kappa shape index (κ2) is 8.61. The number of aryl methyl sites for hydroxylation is 1. The largest absolute Gasteiger partial charge is 0.417 e. The van der Waals surface area contributed by atoms with Crippen LogP contribution in [0.25, 0.3) is 0 Å². The Morgan fingerprint density at radius 1 is 0.882 bits per heavy atom. The maximum absolute atomic E-state index is 13.5. The molecule has 0 aliphatic carbocycles. The molecule has 0 spiro atoms. The van der Waals surface area contributed by atoms with Crippen molar-refractivity contribution in [1.82, 2.24) is 5.16 Å². The van der Waals surface area contributed by atoms with Crippen LogP contribution in [0.4, 0.5) is 37.9 Å². The lowest BCUT2D eigenvalue weighted by atomic mass is 10.0. The van der Waals surface area contributed by atoms with Crippen molar-refractivity contribution in [1.29, 1.82) is 0 Å².